The fraction of sp³-hybridized carbons (Fsp3) is 0.259. The van der Waals surface area contributed by atoms with E-state index < -0.39 is 28.5 Å². The van der Waals surface area contributed by atoms with E-state index in [0.29, 0.717) is 5.69 Å². The molecule has 0 fully saturated rings. The molecule has 0 aliphatic rings. The van der Waals surface area contributed by atoms with Crippen LogP contribution >= 0.6 is 15.9 Å². The maximum Gasteiger partial charge on any atom is 0.264 e. The molecule has 3 aromatic carbocycles. The zero-order valence-corrected chi connectivity index (χ0v) is 23.1. The molecule has 9 heteroatoms. The fourth-order valence-electron chi connectivity index (χ4n) is 3.92. The lowest BCUT2D eigenvalue weighted by Gasteiger charge is -2.32. The van der Waals surface area contributed by atoms with Crippen molar-refractivity contribution >= 4 is 43.5 Å². The van der Waals surface area contributed by atoms with Gasteiger partial charge in [-0.3, -0.25) is 13.9 Å². The van der Waals surface area contributed by atoms with Crippen LogP contribution in [0.4, 0.5) is 5.69 Å². The number of halogens is 1. The summed E-state index contributed by atoms with van der Waals surface area (Å²) in [6.45, 7) is 5.06. The van der Waals surface area contributed by atoms with Crippen LogP contribution in [-0.2, 0) is 26.2 Å². The lowest BCUT2D eigenvalue weighted by Crippen LogP contribution is -2.50. The van der Waals surface area contributed by atoms with Gasteiger partial charge in [0.1, 0.15) is 12.6 Å². The molecule has 0 aromatic heterocycles. The number of carbonyl (C=O) groups is 2. The van der Waals surface area contributed by atoms with Gasteiger partial charge in [-0.15, -0.1) is 0 Å². The Hall–Kier alpha value is -3.17. The molecule has 3 rings (SSSR count). The highest BCUT2D eigenvalue weighted by molar-refractivity contribution is 9.10. The number of anilines is 1. The molecule has 1 atom stereocenters. The molecule has 0 spiro atoms. The molecule has 190 valence electrons. The third-order valence-electron chi connectivity index (χ3n) is 5.78. The molecule has 0 saturated heterocycles. The molecule has 0 bridgehead atoms. The van der Waals surface area contributed by atoms with E-state index in [0.717, 1.165) is 25.5 Å². The largest absolute Gasteiger partial charge is 0.357 e. The van der Waals surface area contributed by atoms with Crippen LogP contribution in [0.15, 0.2) is 82.2 Å². The number of aryl methyl sites for hydroxylation is 2. The number of rotatable bonds is 9. The van der Waals surface area contributed by atoms with Gasteiger partial charge in [-0.25, -0.2) is 8.42 Å². The van der Waals surface area contributed by atoms with E-state index in [1.165, 1.54) is 24.1 Å². The SMILES string of the molecule is CNC(=O)[C@@H](C)N(Cc1ccc(Br)cc1)C(=O)CN(c1cc(C)cc(C)c1)S(=O)(=O)c1ccccc1. The summed E-state index contributed by atoms with van der Waals surface area (Å²) in [4.78, 5) is 27.7. The maximum atomic E-state index is 13.7. The van der Waals surface area contributed by atoms with E-state index in [2.05, 4.69) is 21.2 Å². The van der Waals surface area contributed by atoms with Crippen LogP contribution in [0.1, 0.15) is 23.6 Å². The molecule has 0 heterocycles. The first-order valence-electron chi connectivity index (χ1n) is 11.4. The number of amides is 2. The van der Waals surface area contributed by atoms with E-state index >= 15 is 0 Å². The Bertz CT molecular complexity index is 1310. The van der Waals surface area contributed by atoms with Crippen LogP contribution in [0.3, 0.4) is 0 Å². The van der Waals surface area contributed by atoms with E-state index in [1.54, 1.807) is 37.3 Å². The number of benzene rings is 3. The van der Waals surface area contributed by atoms with Crippen molar-refractivity contribution in [2.24, 2.45) is 0 Å². The average molecular weight is 573 g/mol. The highest BCUT2D eigenvalue weighted by atomic mass is 79.9. The standard InChI is InChI=1S/C27H30BrN3O4S/c1-19-14-20(2)16-24(15-19)31(36(34,35)25-8-6-5-7-9-25)18-26(32)30(21(3)27(33)29-4)17-22-10-12-23(28)13-11-22/h5-16,21H,17-18H2,1-4H3,(H,29,33)/t21-/m1/s1. The quantitative estimate of drug-likeness (QED) is 0.411. The molecule has 1 N–H and O–H groups in total. The first-order chi connectivity index (χ1) is 17.0. The number of nitrogens with zero attached hydrogens (tertiary/aromatic N) is 2. The van der Waals surface area contributed by atoms with Crippen molar-refractivity contribution in [2.75, 3.05) is 17.9 Å². The fourth-order valence-corrected chi connectivity index (χ4v) is 5.60. The third kappa shape index (κ3) is 6.53. The van der Waals surface area contributed by atoms with Crippen LogP contribution in [0.2, 0.25) is 0 Å². The van der Waals surface area contributed by atoms with Gasteiger partial charge in [0.15, 0.2) is 0 Å². The lowest BCUT2D eigenvalue weighted by atomic mass is 10.1. The second-order valence-electron chi connectivity index (χ2n) is 8.61. The summed E-state index contributed by atoms with van der Waals surface area (Å²) in [5.41, 5.74) is 2.94. The van der Waals surface area contributed by atoms with Crippen molar-refractivity contribution in [3.8, 4) is 0 Å². The number of carbonyl (C=O) groups excluding carboxylic acids is 2. The van der Waals surface area contributed by atoms with Gasteiger partial charge in [0.25, 0.3) is 10.0 Å². The average Bonchev–Trinajstić information content (AvgIpc) is 2.85. The lowest BCUT2D eigenvalue weighted by molar-refractivity contribution is -0.139. The predicted molar refractivity (Wildman–Crippen MR) is 145 cm³/mol. The second kappa shape index (κ2) is 11.7. The van der Waals surface area contributed by atoms with Crippen LogP contribution < -0.4 is 9.62 Å². The highest BCUT2D eigenvalue weighted by Gasteiger charge is 2.32. The third-order valence-corrected chi connectivity index (χ3v) is 8.10. The summed E-state index contributed by atoms with van der Waals surface area (Å²) in [5.74, 6) is -0.836. The molecule has 7 nitrogen and oxygen atoms in total. The molecule has 0 aliphatic heterocycles. The second-order valence-corrected chi connectivity index (χ2v) is 11.4. The molecule has 0 radical (unpaired) electrons. The Labute approximate surface area is 221 Å². The molecule has 0 saturated carbocycles. The van der Waals surface area contributed by atoms with Gasteiger partial charge in [0.05, 0.1) is 10.6 Å². The summed E-state index contributed by atoms with van der Waals surface area (Å²) >= 11 is 3.40. The van der Waals surface area contributed by atoms with Crippen LogP contribution in [0.5, 0.6) is 0 Å². The van der Waals surface area contributed by atoms with Gasteiger partial charge in [0, 0.05) is 18.1 Å². The van der Waals surface area contributed by atoms with Crippen molar-refractivity contribution in [1.29, 1.82) is 0 Å². The van der Waals surface area contributed by atoms with Gasteiger partial charge in [-0.05, 0) is 73.9 Å². The minimum atomic E-state index is -4.07. The monoisotopic (exact) mass is 571 g/mol. The minimum Gasteiger partial charge on any atom is -0.357 e. The number of sulfonamides is 1. The van der Waals surface area contributed by atoms with Crippen molar-refractivity contribution in [2.45, 2.75) is 38.3 Å². The Morgan fingerprint density at radius 1 is 0.944 bits per heavy atom. The number of nitrogens with one attached hydrogen (secondary N) is 1. The Kier molecular flexibility index (Phi) is 8.92. The molecular formula is C27H30BrN3O4S. The smallest absolute Gasteiger partial charge is 0.264 e. The normalized spacial score (nSPS) is 12.0. The minimum absolute atomic E-state index is 0.0794. The van der Waals surface area contributed by atoms with Crippen molar-refractivity contribution in [3.63, 3.8) is 0 Å². The zero-order valence-electron chi connectivity index (χ0n) is 20.7. The van der Waals surface area contributed by atoms with E-state index in [1.807, 2.05) is 44.2 Å². The Morgan fingerprint density at radius 2 is 1.53 bits per heavy atom. The van der Waals surface area contributed by atoms with E-state index in [9.17, 15) is 18.0 Å². The van der Waals surface area contributed by atoms with Crippen LogP contribution in [0, 0.1) is 13.8 Å². The number of hydrogen-bond donors (Lipinski definition) is 1. The summed E-state index contributed by atoms with van der Waals surface area (Å²) in [6, 6.07) is 20.0. The zero-order chi connectivity index (χ0) is 26.5. The molecule has 0 unspecified atom stereocenters. The van der Waals surface area contributed by atoms with Crippen molar-refractivity contribution in [3.05, 3.63) is 94.0 Å². The molecule has 0 aliphatic carbocycles. The molecule has 3 aromatic rings. The summed E-state index contributed by atoms with van der Waals surface area (Å²) < 4.78 is 29.5. The topological polar surface area (TPSA) is 86.8 Å². The highest BCUT2D eigenvalue weighted by Crippen LogP contribution is 2.26. The first-order valence-corrected chi connectivity index (χ1v) is 13.7. The molecule has 2 amide bonds. The Balaban J connectivity index is 2.05. The van der Waals surface area contributed by atoms with Gasteiger partial charge in [-0.1, -0.05) is 52.3 Å². The summed E-state index contributed by atoms with van der Waals surface area (Å²) in [5, 5.41) is 2.58. The van der Waals surface area contributed by atoms with E-state index in [4.69, 9.17) is 0 Å². The summed E-state index contributed by atoms with van der Waals surface area (Å²) in [7, 11) is -2.56. The number of hydrogen-bond acceptors (Lipinski definition) is 4. The first kappa shape index (κ1) is 27.4. The van der Waals surface area contributed by atoms with Gasteiger partial charge >= 0.3 is 0 Å². The van der Waals surface area contributed by atoms with Gasteiger partial charge < -0.3 is 10.2 Å². The Morgan fingerprint density at radius 3 is 2.08 bits per heavy atom. The van der Waals surface area contributed by atoms with Gasteiger partial charge in [-0.2, -0.15) is 0 Å². The van der Waals surface area contributed by atoms with E-state index in [-0.39, 0.29) is 17.3 Å². The molecular weight excluding hydrogens is 542 g/mol. The van der Waals surface area contributed by atoms with Crippen molar-refractivity contribution < 1.29 is 18.0 Å². The maximum absolute atomic E-state index is 13.7. The molecule has 36 heavy (non-hydrogen) atoms. The van der Waals surface area contributed by atoms with Crippen molar-refractivity contribution in [1.82, 2.24) is 10.2 Å². The predicted octanol–water partition coefficient (Wildman–Crippen LogP) is 4.42. The summed E-state index contributed by atoms with van der Waals surface area (Å²) in [6.07, 6.45) is 0. The van der Waals surface area contributed by atoms with Crippen LogP contribution in [0.25, 0.3) is 0 Å². The van der Waals surface area contributed by atoms with Crippen LogP contribution in [-0.4, -0.2) is 44.8 Å². The van der Waals surface area contributed by atoms with Gasteiger partial charge in [0.2, 0.25) is 11.8 Å². The number of likely N-dealkylation sites (N-methyl/N-ethyl adjacent to an activating group) is 1.